The van der Waals surface area contributed by atoms with Crippen LogP contribution in [0.2, 0.25) is 0 Å². The highest BCUT2D eigenvalue weighted by molar-refractivity contribution is 7.18. The quantitative estimate of drug-likeness (QED) is 0.440. The molecule has 0 fully saturated rings. The Labute approximate surface area is 91.4 Å². The van der Waals surface area contributed by atoms with Crippen LogP contribution in [0.25, 0.3) is 0 Å². The number of anilines is 1. The van der Waals surface area contributed by atoms with E-state index in [1.165, 1.54) is 6.20 Å². The number of rotatable bonds is 7. The van der Waals surface area contributed by atoms with Crippen LogP contribution in [0, 0.1) is 10.1 Å². The smallest absolute Gasteiger partial charge is 0.345 e. The van der Waals surface area contributed by atoms with Crippen molar-refractivity contribution in [1.29, 1.82) is 0 Å². The SMILES string of the molecule is COCCCCNc1ncc([N+](=O)[O-])s1. The Hall–Kier alpha value is -1.21. The Morgan fingerprint density at radius 2 is 2.47 bits per heavy atom. The number of hydrogen-bond donors (Lipinski definition) is 1. The van der Waals surface area contributed by atoms with Crippen molar-refractivity contribution in [3.8, 4) is 0 Å². The van der Waals surface area contributed by atoms with Crippen molar-refractivity contribution in [1.82, 2.24) is 4.98 Å². The van der Waals surface area contributed by atoms with Crippen molar-refractivity contribution in [2.75, 3.05) is 25.6 Å². The van der Waals surface area contributed by atoms with Gasteiger partial charge in [-0.05, 0) is 24.2 Å². The minimum atomic E-state index is -0.437. The third-order valence-electron chi connectivity index (χ3n) is 1.72. The van der Waals surface area contributed by atoms with Gasteiger partial charge in [0, 0.05) is 20.3 Å². The summed E-state index contributed by atoms with van der Waals surface area (Å²) in [7, 11) is 1.66. The van der Waals surface area contributed by atoms with E-state index in [0.717, 1.165) is 37.3 Å². The Morgan fingerprint density at radius 1 is 1.67 bits per heavy atom. The molecule has 1 aromatic heterocycles. The number of thiazole rings is 1. The van der Waals surface area contributed by atoms with Crippen LogP contribution in [0.1, 0.15) is 12.8 Å². The molecule has 1 N–H and O–H groups in total. The lowest BCUT2D eigenvalue weighted by atomic mass is 10.3. The van der Waals surface area contributed by atoms with Gasteiger partial charge >= 0.3 is 5.00 Å². The molecule has 0 aliphatic carbocycles. The molecule has 15 heavy (non-hydrogen) atoms. The third-order valence-corrected chi connectivity index (χ3v) is 2.63. The molecule has 0 atom stereocenters. The molecule has 7 heteroatoms. The summed E-state index contributed by atoms with van der Waals surface area (Å²) in [5.41, 5.74) is 0. The van der Waals surface area contributed by atoms with Crippen LogP contribution in [-0.4, -0.2) is 30.2 Å². The molecule has 1 rings (SSSR count). The maximum atomic E-state index is 10.4. The zero-order valence-corrected chi connectivity index (χ0v) is 9.25. The summed E-state index contributed by atoms with van der Waals surface area (Å²) in [5, 5.41) is 14.0. The van der Waals surface area contributed by atoms with Crippen LogP contribution < -0.4 is 5.32 Å². The number of nitrogens with one attached hydrogen (secondary N) is 1. The fourth-order valence-electron chi connectivity index (χ4n) is 0.998. The van der Waals surface area contributed by atoms with Gasteiger partial charge in [0.15, 0.2) is 5.13 Å². The Balaban J connectivity index is 2.23. The molecule has 0 unspecified atom stereocenters. The van der Waals surface area contributed by atoms with Crippen LogP contribution in [0.3, 0.4) is 0 Å². The summed E-state index contributed by atoms with van der Waals surface area (Å²) in [6.07, 6.45) is 3.19. The predicted octanol–water partition coefficient (Wildman–Crippen LogP) is 1.89. The van der Waals surface area contributed by atoms with Gasteiger partial charge in [0.05, 0.1) is 4.92 Å². The van der Waals surface area contributed by atoms with Gasteiger partial charge in [0.2, 0.25) is 0 Å². The number of unbranched alkanes of at least 4 members (excludes halogenated alkanes) is 1. The molecule has 0 saturated heterocycles. The molecule has 0 amide bonds. The minimum Gasteiger partial charge on any atom is -0.385 e. The Morgan fingerprint density at radius 3 is 3.07 bits per heavy atom. The lowest BCUT2D eigenvalue weighted by Gasteiger charge is -2.00. The standard InChI is InChI=1S/C8H13N3O3S/c1-14-5-3-2-4-9-8-10-6-7(15-8)11(12)13/h6H,2-5H2,1H3,(H,9,10). The van der Waals surface area contributed by atoms with Gasteiger partial charge < -0.3 is 10.1 Å². The van der Waals surface area contributed by atoms with Crippen molar-refractivity contribution in [2.24, 2.45) is 0 Å². The van der Waals surface area contributed by atoms with E-state index in [1.807, 2.05) is 0 Å². The summed E-state index contributed by atoms with van der Waals surface area (Å²) >= 11 is 1.05. The second kappa shape index (κ2) is 6.31. The predicted molar refractivity (Wildman–Crippen MR) is 58.4 cm³/mol. The summed E-state index contributed by atoms with van der Waals surface area (Å²) in [6, 6.07) is 0. The number of methoxy groups -OCH3 is 1. The van der Waals surface area contributed by atoms with Crippen molar-refractivity contribution < 1.29 is 9.66 Å². The average Bonchev–Trinajstić information content (AvgIpc) is 2.66. The Bertz CT molecular complexity index is 316. The first-order valence-electron chi connectivity index (χ1n) is 4.57. The number of ether oxygens (including phenoxy) is 1. The van der Waals surface area contributed by atoms with Gasteiger partial charge in [0.25, 0.3) is 0 Å². The second-order valence-electron chi connectivity index (χ2n) is 2.89. The molecule has 0 aromatic carbocycles. The lowest BCUT2D eigenvalue weighted by Crippen LogP contribution is -2.02. The molecule has 0 saturated carbocycles. The average molecular weight is 231 g/mol. The molecule has 6 nitrogen and oxygen atoms in total. The largest absolute Gasteiger partial charge is 0.385 e. The van der Waals surface area contributed by atoms with Gasteiger partial charge in [-0.15, -0.1) is 0 Å². The van der Waals surface area contributed by atoms with E-state index in [-0.39, 0.29) is 5.00 Å². The maximum absolute atomic E-state index is 10.4. The van der Waals surface area contributed by atoms with Crippen LogP contribution in [-0.2, 0) is 4.74 Å². The van der Waals surface area contributed by atoms with Crippen LogP contribution >= 0.6 is 11.3 Å². The van der Waals surface area contributed by atoms with Gasteiger partial charge in [-0.2, -0.15) is 0 Å². The lowest BCUT2D eigenvalue weighted by molar-refractivity contribution is -0.380. The van der Waals surface area contributed by atoms with Crippen molar-refractivity contribution in [2.45, 2.75) is 12.8 Å². The highest BCUT2D eigenvalue weighted by atomic mass is 32.1. The maximum Gasteiger partial charge on any atom is 0.345 e. The number of nitro groups is 1. The fraction of sp³-hybridized carbons (Fsp3) is 0.625. The highest BCUT2D eigenvalue weighted by Crippen LogP contribution is 2.24. The molecule has 1 aromatic rings. The molecular weight excluding hydrogens is 218 g/mol. The van der Waals surface area contributed by atoms with E-state index in [1.54, 1.807) is 7.11 Å². The van der Waals surface area contributed by atoms with Gasteiger partial charge in [-0.1, -0.05) is 0 Å². The zero-order chi connectivity index (χ0) is 11.1. The summed E-state index contributed by atoms with van der Waals surface area (Å²) in [5.74, 6) is 0. The van der Waals surface area contributed by atoms with Crippen molar-refractivity contribution in [3.05, 3.63) is 16.3 Å². The Kier molecular flexibility index (Phi) is 4.99. The zero-order valence-electron chi connectivity index (χ0n) is 8.43. The molecule has 0 radical (unpaired) electrons. The number of hydrogen-bond acceptors (Lipinski definition) is 6. The number of aromatic nitrogens is 1. The first-order valence-corrected chi connectivity index (χ1v) is 5.38. The monoisotopic (exact) mass is 231 g/mol. The first kappa shape index (κ1) is 11.9. The normalized spacial score (nSPS) is 10.2. The molecular formula is C8H13N3O3S. The van der Waals surface area contributed by atoms with Crippen LogP contribution in [0.5, 0.6) is 0 Å². The van der Waals surface area contributed by atoms with Gasteiger partial charge in [0.1, 0.15) is 6.20 Å². The molecule has 0 bridgehead atoms. The fourth-order valence-corrected chi connectivity index (χ4v) is 1.66. The molecule has 84 valence electrons. The van der Waals surface area contributed by atoms with E-state index in [4.69, 9.17) is 4.74 Å². The third kappa shape index (κ3) is 4.22. The highest BCUT2D eigenvalue weighted by Gasteiger charge is 2.10. The van der Waals surface area contributed by atoms with E-state index in [9.17, 15) is 10.1 Å². The van der Waals surface area contributed by atoms with E-state index in [0.29, 0.717) is 5.13 Å². The molecule has 0 aliphatic heterocycles. The first-order chi connectivity index (χ1) is 7.24. The summed E-state index contributed by atoms with van der Waals surface area (Å²) < 4.78 is 4.90. The van der Waals surface area contributed by atoms with Crippen LogP contribution in [0.4, 0.5) is 10.1 Å². The topological polar surface area (TPSA) is 77.3 Å². The van der Waals surface area contributed by atoms with Crippen molar-refractivity contribution >= 4 is 21.5 Å². The van der Waals surface area contributed by atoms with Crippen LogP contribution in [0.15, 0.2) is 6.20 Å². The molecule has 0 spiro atoms. The van der Waals surface area contributed by atoms with Crippen molar-refractivity contribution in [3.63, 3.8) is 0 Å². The minimum absolute atomic E-state index is 0.0643. The number of nitrogens with zero attached hydrogens (tertiary/aromatic N) is 2. The van der Waals surface area contributed by atoms with Gasteiger partial charge in [-0.25, -0.2) is 4.98 Å². The summed E-state index contributed by atoms with van der Waals surface area (Å²) in [6.45, 7) is 1.49. The summed E-state index contributed by atoms with van der Waals surface area (Å²) in [4.78, 5) is 13.8. The molecule has 1 heterocycles. The molecule has 0 aliphatic rings. The second-order valence-corrected chi connectivity index (χ2v) is 3.90. The van der Waals surface area contributed by atoms with E-state index >= 15 is 0 Å². The van der Waals surface area contributed by atoms with Gasteiger partial charge in [-0.3, -0.25) is 10.1 Å². The van der Waals surface area contributed by atoms with E-state index < -0.39 is 4.92 Å². The van der Waals surface area contributed by atoms with E-state index in [2.05, 4.69) is 10.3 Å².